The summed E-state index contributed by atoms with van der Waals surface area (Å²) in [6.45, 7) is 7.30. The Hall–Kier alpha value is -3.82. The number of amides is 1. The lowest BCUT2D eigenvalue weighted by Crippen LogP contribution is -2.41. The first kappa shape index (κ1) is 21.7. The molecule has 1 amide bonds. The van der Waals surface area contributed by atoms with Crippen LogP contribution in [0.3, 0.4) is 0 Å². The molecule has 0 spiro atoms. The average Bonchev–Trinajstić information content (AvgIpc) is 3.49. The van der Waals surface area contributed by atoms with Gasteiger partial charge in [0.15, 0.2) is 17.3 Å². The van der Waals surface area contributed by atoms with Crippen LogP contribution in [0.1, 0.15) is 60.2 Å². The first-order chi connectivity index (χ1) is 16.9. The zero-order valence-corrected chi connectivity index (χ0v) is 20.2. The Morgan fingerprint density at radius 1 is 1.09 bits per heavy atom. The molecule has 6 rings (SSSR count). The second-order valence-electron chi connectivity index (χ2n) is 9.54. The molecule has 2 aliphatic rings. The lowest BCUT2D eigenvalue weighted by Gasteiger charge is -2.31. The SMILES string of the molecule is CCc1nnc2ccc(-n3nc(C)c(CCC(=O)N4C[C@@H]5C[C@H](C4)n4c5cccc4=O)c3C)nn12. The second kappa shape index (κ2) is 8.14. The average molecular weight is 473 g/mol. The van der Waals surface area contributed by atoms with E-state index in [1.54, 1.807) is 10.6 Å². The van der Waals surface area contributed by atoms with E-state index >= 15 is 0 Å². The Balaban J connectivity index is 1.19. The van der Waals surface area contributed by atoms with E-state index in [1.807, 2.05) is 59.2 Å². The van der Waals surface area contributed by atoms with E-state index in [0.717, 1.165) is 41.3 Å². The number of hydrogen-bond acceptors (Lipinski definition) is 6. The van der Waals surface area contributed by atoms with Crippen molar-refractivity contribution in [3.8, 4) is 5.82 Å². The van der Waals surface area contributed by atoms with Gasteiger partial charge in [-0.25, -0.2) is 4.68 Å². The molecule has 2 bridgehead atoms. The van der Waals surface area contributed by atoms with Crippen LogP contribution >= 0.6 is 0 Å². The number of nitrogens with zero attached hydrogens (tertiary/aromatic N) is 8. The van der Waals surface area contributed by atoms with Crippen LogP contribution in [0.4, 0.5) is 0 Å². The van der Waals surface area contributed by atoms with Crippen molar-refractivity contribution in [1.82, 2.24) is 39.1 Å². The molecule has 0 N–H and O–H groups in total. The normalized spacial score (nSPS) is 18.9. The number of carbonyl (C=O) groups excluding carboxylic acids is 1. The van der Waals surface area contributed by atoms with Crippen molar-refractivity contribution in [2.24, 2.45) is 0 Å². The maximum atomic E-state index is 13.2. The molecule has 10 heteroatoms. The van der Waals surface area contributed by atoms with Gasteiger partial charge in [0.2, 0.25) is 5.91 Å². The minimum Gasteiger partial charge on any atom is -0.340 e. The van der Waals surface area contributed by atoms with Gasteiger partial charge in [0.1, 0.15) is 0 Å². The predicted molar refractivity (Wildman–Crippen MR) is 129 cm³/mol. The first-order valence-electron chi connectivity index (χ1n) is 12.2. The molecular weight excluding hydrogens is 444 g/mol. The molecule has 35 heavy (non-hydrogen) atoms. The third-order valence-corrected chi connectivity index (χ3v) is 7.46. The highest BCUT2D eigenvalue weighted by molar-refractivity contribution is 5.77. The fourth-order valence-corrected chi connectivity index (χ4v) is 5.72. The van der Waals surface area contributed by atoms with Crippen LogP contribution in [0.25, 0.3) is 11.5 Å². The third-order valence-electron chi connectivity index (χ3n) is 7.46. The van der Waals surface area contributed by atoms with Crippen molar-refractivity contribution < 1.29 is 4.79 Å². The van der Waals surface area contributed by atoms with E-state index in [2.05, 4.69) is 10.2 Å². The van der Waals surface area contributed by atoms with Crippen molar-refractivity contribution in [3.05, 3.63) is 69.2 Å². The van der Waals surface area contributed by atoms with Crippen molar-refractivity contribution in [1.29, 1.82) is 0 Å². The van der Waals surface area contributed by atoms with Crippen LogP contribution in [0.15, 0.2) is 35.1 Å². The van der Waals surface area contributed by atoms with E-state index in [0.29, 0.717) is 37.4 Å². The van der Waals surface area contributed by atoms with E-state index in [9.17, 15) is 9.59 Å². The number of likely N-dealkylation sites (tertiary alicyclic amines) is 1. The molecule has 0 saturated carbocycles. The fourth-order valence-electron chi connectivity index (χ4n) is 5.72. The van der Waals surface area contributed by atoms with E-state index in [1.165, 1.54) is 0 Å². The largest absolute Gasteiger partial charge is 0.340 e. The predicted octanol–water partition coefficient (Wildman–Crippen LogP) is 2.15. The van der Waals surface area contributed by atoms with Crippen LogP contribution in [-0.2, 0) is 17.6 Å². The minimum atomic E-state index is 0.0345. The number of rotatable bonds is 5. The summed E-state index contributed by atoms with van der Waals surface area (Å²) in [7, 11) is 0. The molecule has 4 aromatic rings. The zero-order chi connectivity index (χ0) is 24.3. The van der Waals surface area contributed by atoms with Gasteiger partial charge in [-0.3, -0.25) is 9.59 Å². The van der Waals surface area contributed by atoms with Crippen LogP contribution in [0.5, 0.6) is 0 Å². The molecule has 2 aliphatic heterocycles. The van der Waals surface area contributed by atoms with E-state index in [-0.39, 0.29) is 23.4 Å². The van der Waals surface area contributed by atoms with Gasteiger partial charge in [-0.15, -0.1) is 15.3 Å². The van der Waals surface area contributed by atoms with Gasteiger partial charge in [0.05, 0.1) is 11.7 Å². The molecule has 0 aromatic carbocycles. The molecule has 0 radical (unpaired) electrons. The molecule has 0 unspecified atom stereocenters. The lowest BCUT2D eigenvalue weighted by atomic mass is 9.96. The number of pyridine rings is 1. The van der Waals surface area contributed by atoms with Gasteiger partial charge in [-0.2, -0.15) is 9.61 Å². The number of fused-ring (bicyclic) bond motifs is 6. The fraction of sp³-hybridized carbons (Fsp3) is 0.440. The van der Waals surface area contributed by atoms with E-state index < -0.39 is 0 Å². The summed E-state index contributed by atoms with van der Waals surface area (Å²) in [5, 5.41) is 17.8. The third kappa shape index (κ3) is 3.46. The van der Waals surface area contributed by atoms with Crippen LogP contribution < -0.4 is 5.56 Å². The summed E-state index contributed by atoms with van der Waals surface area (Å²) in [5.41, 5.74) is 4.75. The molecule has 10 nitrogen and oxygen atoms in total. The Bertz CT molecular complexity index is 1510. The van der Waals surface area contributed by atoms with Crippen LogP contribution in [0.2, 0.25) is 0 Å². The Morgan fingerprint density at radius 2 is 1.94 bits per heavy atom. The first-order valence-corrected chi connectivity index (χ1v) is 12.2. The summed E-state index contributed by atoms with van der Waals surface area (Å²) in [5.74, 6) is 1.86. The Kier molecular flexibility index (Phi) is 5.05. The highest BCUT2D eigenvalue weighted by Gasteiger charge is 2.39. The van der Waals surface area contributed by atoms with Crippen molar-refractivity contribution >= 4 is 11.6 Å². The number of aryl methyl sites for hydroxylation is 2. The summed E-state index contributed by atoms with van der Waals surface area (Å²) in [4.78, 5) is 27.5. The van der Waals surface area contributed by atoms with Crippen LogP contribution in [-0.4, -0.2) is 58.1 Å². The van der Waals surface area contributed by atoms with Crippen LogP contribution in [0, 0.1) is 13.8 Å². The smallest absolute Gasteiger partial charge is 0.251 e. The van der Waals surface area contributed by atoms with Gasteiger partial charge < -0.3 is 9.47 Å². The van der Waals surface area contributed by atoms with Gasteiger partial charge in [0, 0.05) is 49.3 Å². The summed E-state index contributed by atoms with van der Waals surface area (Å²) in [6, 6.07) is 9.32. The number of aromatic nitrogens is 7. The summed E-state index contributed by atoms with van der Waals surface area (Å²) < 4.78 is 5.47. The van der Waals surface area contributed by atoms with Gasteiger partial charge in [-0.05, 0) is 50.5 Å². The highest BCUT2D eigenvalue weighted by Crippen LogP contribution is 2.39. The van der Waals surface area contributed by atoms with Crippen molar-refractivity contribution in [2.45, 2.75) is 58.4 Å². The quantitative estimate of drug-likeness (QED) is 0.441. The molecule has 180 valence electrons. The minimum absolute atomic E-state index is 0.0345. The molecule has 4 aromatic heterocycles. The Labute approximate surface area is 202 Å². The van der Waals surface area contributed by atoms with Gasteiger partial charge in [0.25, 0.3) is 5.56 Å². The van der Waals surface area contributed by atoms with E-state index in [4.69, 9.17) is 10.2 Å². The molecule has 0 aliphatic carbocycles. The second-order valence-corrected chi connectivity index (χ2v) is 9.54. The topological polar surface area (TPSA) is 103 Å². The zero-order valence-electron chi connectivity index (χ0n) is 20.2. The van der Waals surface area contributed by atoms with Crippen molar-refractivity contribution in [3.63, 3.8) is 0 Å². The molecule has 1 saturated heterocycles. The van der Waals surface area contributed by atoms with Gasteiger partial charge >= 0.3 is 0 Å². The Morgan fingerprint density at radius 3 is 2.77 bits per heavy atom. The lowest BCUT2D eigenvalue weighted by molar-refractivity contribution is -0.132. The summed E-state index contributed by atoms with van der Waals surface area (Å²) >= 11 is 0. The monoisotopic (exact) mass is 472 g/mol. The molecule has 1 fully saturated rings. The molecular formula is C25H28N8O2. The molecule has 6 heterocycles. The standard InChI is InChI=1S/C25H28N8O2/c1-4-21-26-27-22-9-10-23(29-33(21)22)32-16(3)19(15(2)28-32)8-11-24(34)30-13-17-12-18(14-30)31-20(17)6-5-7-25(31)35/h5-7,9-10,17-18H,4,8,11-14H2,1-3H3/t17-,18+/m0/s1. The van der Waals surface area contributed by atoms with Crippen molar-refractivity contribution in [2.75, 3.05) is 13.1 Å². The maximum absolute atomic E-state index is 13.2. The maximum Gasteiger partial charge on any atom is 0.251 e. The number of hydrogen-bond donors (Lipinski definition) is 0. The van der Waals surface area contributed by atoms with Gasteiger partial charge in [-0.1, -0.05) is 13.0 Å². The molecule has 2 atom stereocenters. The highest BCUT2D eigenvalue weighted by atomic mass is 16.2. The number of piperidine rings is 1. The number of carbonyl (C=O) groups is 1. The summed E-state index contributed by atoms with van der Waals surface area (Å²) in [6.07, 6.45) is 2.71.